The van der Waals surface area contributed by atoms with Gasteiger partial charge in [-0.2, -0.15) is 0 Å². The molecule has 16 nitrogen and oxygen atoms in total. The van der Waals surface area contributed by atoms with Crippen molar-refractivity contribution < 1.29 is 34.2 Å². The topological polar surface area (TPSA) is 271 Å². The Labute approximate surface area is 233 Å². The van der Waals surface area contributed by atoms with E-state index in [2.05, 4.69) is 35.9 Å². The summed E-state index contributed by atoms with van der Waals surface area (Å²) in [6, 6.07) is 0.706. The number of hydrogen-bond donors (Lipinski definition) is 9. The van der Waals surface area contributed by atoms with Gasteiger partial charge in [0.25, 0.3) is 0 Å². The van der Waals surface area contributed by atoms with Crippen LogP contribution in [0.1, 0.15) is 23.4 Å². The molecular formula is C25H31N9O7. The van der Waals surface area contributed by atoms with Crippen LogP contribution in [-0.2, 0) is 43.2 Å². The molecule has 41 heavy (non-hydrogen) atoms. The molecule has 0 saturated carbocycles. The van der Waals surface area contributed by atoms with Gasteiger partial charge in [-0.25, -0.2) is 14.8 Å². The number of phenolic OH excluding ortho intramolecular Hbond substituents is 1. The highest BCUT2D eigenvalue weighted by Crippen LogP contribution is 2.12. The number of hydrogen-bond acceptors (Lipinski definition) is 9. The zero-order valence-electron chi connectivity index (χ0n) is 21.7. The van der Waals surface area contributed by atoms with Crippen LogP contribution in [0.2, 0.25) is 0 Å². The smallest absolute Gasteiger partial charge is 0.326 e. The number of imidazole rings is 2. The van der Waals surface area contributed by atoms with Gasteiger partial charge < -0.3 is 47.6 Å². The first-order valence-corrected chi connectivity index (χ1v) is 12.4. The van der Waals surface area contributed by atoms with Crippen molar-refractivity contribution in [3.05, 3.63) is 66.3 Å². The molecule has 4 unspecified atom stereocenters. The lowest BCUT2D eigenvalue weighted by molar-refractivity contribution is -0.143. The van der Waals surface area contributed by atoms with E-state index in [1.807, 2.05) is 0 Å². The van der Waals surface area contributed by atoms with Gasteiger partial charge in [-0.1, -0.05) is 12.1 Å². The SMILES string of the molecule is NC(=O)CC(NC(=O)C(Cc1cnc[nH]1)NC(=O)C(Cc1ccc(O)cc1)NC(=O)C(N)Cc1cnc[nH]1)C(=O)O. The summed E-state index contributed by atoms with van der Waals surface area (Å²) in [5.74, 6) is -4.78. The summed E-state index contributed by atoms with van der Waals surface area (Å²) in [6.45, 7) is 0. The highest BCUT2D eigenvalue weighted by molar-refractivity contribution is 5.95. The Kier molecular flexibility index (Phi) is 10.5. The fraction of sp³-hybridized carbons (Fsp3) is 0.320. The first-order chi connectivity index (χ1) is 19.5. The summed E-state index contributed by atoms with van der Waals surface area (Å²) in [7, 11) is 0. The monoisotopic (exact) mass is 569 g/mol. The van der Waals surface area contributed by atoms with Gasteiger partial charge in [-0.05, 0) is 17.7 Å². The third kappa shape index (κ3) is 9.47. The molecular weight excluding hydrogens is 538 g/mol. The lowest BCUT2D eigenvalue weighted by Crippen LogP contribution is -2.58. The average molecular weight is 570 g/mol. The lowest BCUT2D eigenvalue weighted by atomic mass is 10.0. The van der Waals surface area contributed by atoms with Crippen LogP contribution in [0.4, 0.5) is 0 Å². The van der Waals surface area contributed by atoms with Crippen molar-refractivity contribution in [3.63, 3.8) is 0 Å². The Morgan fingerprint density at radius 3 is 1.80 bits per heavy atom. The zero-order chi connectivity index (χ0) is 29.9. The second-order valence-corrected chi connectivity index (χ2v) is 9.23. The number of nitrogens with two attached hydrogens (primary N) is 2. The number of aromatic hydroxyl groups is 1. The Morgan fingerprint density at radius 2 is 1.29 bits per heavy atom. The fourth-order valence-electron chi connectivity index (χ4n) is 3.85. The highest BCUT2D eigenvalue weighted by atomic mass is 16.4. The highest BCUT2D eigenvalue weighted by Gasteiger charge is 2.31. The third-order valence-corrected chi connectivity index (χ3v) is 5.97. The molecule has 0 radical (unpaired) electrons. The van der Waals surface area contributed by atoms with E-state index in [1.165, 1.54) is 37.2 Å². The number of aromatic amines is 2. The maximum absolute atomic E-state index is 13.5. The lowest BCUT2D eigenvalue weighted by Gasteiger charge is -2.25. The number of primary amides is 1. The Morgan fingerprint density at radius 1 is 0.780 bits per heavy atom. The van der Waals surface area contributed by atoms with Crippen LogP contribution < -0.4 is 27.4 Å². The first-order valence-electron chi connectivity index (χ1n) is 12.4. The number of aliphatic carboxylic acids is 1. The standard InChI is InChI=1S/C25H31N9O7/c26-17(6-14-9-28-11-30-14)22(37)32-18(5-13-1-3-16(35)4-2-13)23(38)33-19(7-15-10-29-12-31-15)24(39)34-20(25(40)41)8-21(27)36/h1-4,9-12,17-20,35H,5-8,26H2,(H2,27,36)(H,28,30)(H,29,31)(H,32,37)(H,33,38)(H,34,39)(H,40,41). The maximum Gasteiger partial charge on any atom is 0.326 e. The van der Waals surface area contributed by atoms with Gasteiger partial charge in [0.15, 0.2) is 0 Å². The summed E-state index contributed by atoms with van der Waals surface area (Å²) in [5.41, 5.74) is 12.8. The van der Waals surface area contributed by atoms with Crippen molar-refractivity contribution in [3.8, 4) is 5.75 Å². The van der Waals surface area contributed by atoms with E-state index >= 15 is 0 Å². The number of carboxylic acids is 1. The maximum atomic E-state index is 13.5. The van der Waals surface area contributed by atoms with Gasteiger partial charge in [0.05, 0.1) is 25.1 Å². The van der Waals surface area contributed by atoms with Crippen LogP contribution in [0.15, 0.2) is 49.3 Å². The molecule has 2 aromatic heterocycles. The van der Waals surface area contributed by atoms with Crippen molar-refractivity contribution >= 4 is 29.6 Å². The summed E-state index contributed by atoms with van der Waals surface area (Å²) in [4.78, 5) is 75.8. The van der Waals surface area contributed by atoms with E-state index in [4.69, 9.17) is 11.5 Å². The average Bonchev–Trinajstić information content (AvgIpc) is 3.63. The Bertz CT molecular complexity index is 1330. The molecule has 0 bridgehead atoms. The number of phenols is 1. The van der Waals surface area contributed by atoms with Crippen molar-refractivity contribution in [1.82, 2.24) is 35.9 Å². The number of benzene rings is 1. The molecule has 11 N–H and O–H groups in total. The van der Waals surface area contributed by atoms with E-state index in [0.717, 1.165) is 0 Å². The second-order valence-electron chi connectivity index (χ2n) is 9.23. The normalized spacial score (nSPS) is 13.8. The van der Waals surface area contributed by atoms with Crippen LogP contribution in [0, 0.1) is 0 Å². The number of aromatic nitrogens is 4. The molecule has 0 aliphatic rings. The van der Waals surface area contributed by atoms with Gasteiger partial charge in [0, 0.05) is 43.0 Å². The van der Waals surface area contributed by atoms with Crippen LogP contribution in [0.25, 0.3) is 0 Å². The van der Waals surface area contributed by atoms with Gasteiger partial charge >= 0.3 is 5.97 Å². The second kappa shape index (κ2) is 14.2. The molecule has 0 fully saturated rings. The van der Waals surface area contributed by atoms with Gasteiger partial charge in [0.1, 0.15) is 23.9 Å². The molecule has 4 amide bonds. The molecule has 3 rings (SSSR count). The molecule has 0 aliphatic heterocycles. The van der Waals surface area contributed by atoms with E-state index in [-0.39, 0.29) is 25.0 Å². The quantitative estimate of drug-likeness (QED) is 0.0936. The van der Waals surface area contributed by atoms with Crippen LogP contribution in [0.3, 0.4) is 0 Å². The fourth-order valence-corrected chi connectivity index (χ4v) is 3.85. The third-order valence-electron chi connectivity index (χ3n) is 5.97. The van der Waals surface area contributed by atoms with Gasteiger partial charge in [-0.3, -0.25) is 19.2 Å². The van der Waals surface area contributed by atoms with E-state index < -0.39 is 60.2 Å². The van der Waals surface area contributed by atoms with Crippen LogP contribution >= 0.6 is 0 Å². The Hall–Kier alpha value is -5.25. The molecule has 16 heteroatoms. The van der Waals surface area contributed by atoms with E-state index in [0.29, 0.717) is 17.0 Å². The van der Waals surface area contributed by atoms with Crippen molar-refractivity contribution in [1.29, 1.82) is 0 Å². The van der Waals surface area contributed by atoms with E-state index in [1.54, 1.807) is 12.1 Å². The minimum absolute atomic E-state index is 0.000560. The number of nitrogens with one attached hydrogen (secondary N) is 5. The number of rotatable bonds is 15. The largest absolute Gasteiger partial charge is 0.508 e. The van der Waals surface area contributed by atoms with Gasteiger partial charge in [-0.15, -0.1) is 0 Å². The number of amides is 4. The summed E-state index contributed by atoms with van der Waals surface area (Å²) >= 11 is 0. The molecule has 4 atom stereocenters. The number of carbonyl (C=O) groups excluding carboxylic acids is 4. The molecule has 3 aromatic rings. The van der Waals surface area contributed by atoms with Crippen molar-refractivity contribution in [2.24, 2.45) is 11.5 Å². The molecule has 218 valence electrons. The molecule has 2 heterocycles. The number of carbonyl (C=O) groups is 5. The molecule has 1 aromatic carbocycles. The summed E-state index contributed by atoms with van der Waals surface area (Å²) in [5, 5.41) is 26.4. The molecule has 0 saturated heterocycles. The number of carboxylic acid groups (broad SMARTS) is 1. The number of H-pyrrole nitrogens is 2. The van der Waals surface area contributed by atoms with Gasteiger partial charge in [0.2, 0.25) is 23.6 Å². The molecule has 0 aliphatic carbocycles. The number of nitrogens with zero attached hydrogens (tertiary/aromatic N) is 2. The first kappa shape index (κ1) is 30.3. The predicted molar refractivity (Wildman–Crippen MR) is 142 cm³/mol. The van der Waals surface area contributed by atoms with Crippen molar-refractivity contribution in [2.75, 3.05) is 0 Å². The van der Waals surface area contributed by atoms with Crippen molar-refractivity contribution in [2.45, 2.75) is 49.9 Å². The van der Waals surface area contributed by atoms with Crippen LogP contribution in [-0.4, -0.2) is 83.9 Å². The van der Waals surface area contributed by atoms with Crippen LogP contribution in [0.5, 0.6) is 5.75 Å². The predicted octanol–water partition coefficient (Wildman–Crippen LogP) is -2.39. The zero-order valence-corrected chi connectivity index (χ0v) is 21.7. The minimum atomic E-state index is -1.63. The molecule has 0 spiro atoms. The summed E-state index contributed by atoms with van der Waals surface area (Å²) in [6.07, 6.45) is 4.99. The summed E-state index contributed by atoms with van der Waals surface area (Å²) < 4.78 is 0. The minimum Gasteiger partial charge on any atom is -0.508 e. The van der Waals surface area contributed by atoms with E-state index in [9.17, 15) is 34.2 Å². The Balaban J connectivity index is 1.81.